The Kier molecular flexibility index (Phi) is 4.07. The largest absolute Gasteiger partial charge is 0.508 e. The number of phenols is 1. The quantitative estimate of drug-likeness (QED) is 0.767. The summed E-state index contributed by atoms with van der Waals surface area (Å²) in [5, 5.41) is 28.8. The summed E-state index contributed by atoms with van der Waals surface area (Å²) in [4.78, 5) is 13.3. The molecule has 104 valence electrons. The molecule has 1 unspecified atom stereocenters. The van der Waals surface area contributed by atoms with Crippen molar-refractivity contribution in [3.8, 4) is 5.75 Å². The molecule has 1 saturated heterocycles. The molecular formula is C14H19NO4. The molecule has 1 aliphatic rings. The van der Waals surface area contributed by atoms with Crippen LogP contribution in [0.15, 0.2) is 18.2 Å². The molecule has 5 nitrogen and oxygen atoms in total. The van der Waals surface area contributed by atoms with Gasteiger partial charge in [0.25, 0.3) is 0 Å². The van der Waals surface area contributed by atoms with E-state index >= 15 is 0 Å². The van der Waals surface area contributed by atoms with Gasteiger partial charge in [-0.25, -0.2) is 0 Å². The Labute approximate surface area is 112 Å². The summed E-state index contributed by atoms with van der Waals surface area (Å²) in [6.07, 6.45) is 0.781. The number of likely N-dealkylation sites (tertiary alicyclic amines) is 1. The normalized spacial score (nSPS) is 19.3. The number of aliphatic hydroxyl groups is 1. The number of aliphatic carboxylic acids is 1. The van der Waals surface area contributed by atoms with Gasteiger partial charge in [-0.2, -0.15) is 0 Å². The van der Waals surface area contributed by atoms with Crippen LogP contribution in [0.1, 0.15) is 30.0 Å². The van der Waals surface area contributed by atoms with Crippen LogP contribution in [-0.4, -0.2) is 45.4 Å². The van der Waals surface area contributed by atoms with Crippen molar-refractivity contribution < 1.29 is 20.1 Å². The molecule has 0 aromatic heterocycles. The van der Waals surface area contributed by atoms with Crippen molar-refractivity contribution in [3.63, 3.8) is 0 Å². The predicted molar refractivity (Wildman–Crippen MR) is 70.0 cm³/mol. The van der Waals surface area contributed by atoms with Crippen molar-refractivity contribution in [2.75, 3.05) is 13.1 Å². The Hall–Kier alpha value is -1.59. The first kappa shape index (κ1) is 13.8. The first-order valence-electron chi connectivity index (χ1n) is 6.43. The maximum Gasteiger partial charge on any atom is 0.325 e. The second-order valence-corrected chi connectivity index (χ2v) is 5.07. The van der Waals surface area contributed by atoms with E-state index in [1.165, 1.54) is 6.07 Å². The maximum atomic E-state index is 11.5. The number of aromatic hydroxyl groups is 1. The van der Waals surface area contributed by atoms with Crippen molar-refractivity contribution in [3.05, 3.63) is 29.3 Å². The van der Waals surface area contributed by atoms with Crippen LogP contribution in [-0.2, 0) is 4.79 Å². The summed E-state index contributed by atoms with van der Waals surface area (Å²) < 4.78 is 0. The van der Waals surface area contributed by atoms with Crippen LogP contribution in [0.2, 0.25) is 0 Å². The number of nitrogens with zero attached hydrogens (tertiary/aromatic N) is 1. The summed E-state index contributed by atoms with van der Waals surface area (Å²) in [5.74, 6) is -0.971. The van der Waals surface area contributed by atoms with Crippen LogP contribution in [0.3, 0.4) is 0 Å². The number of carboxylic acids is 1. The molecule has 1 aromatic rings. The lowest BCUT2D eigenvalue weighted by Crippen LogP contribution is -2.41. The topological polar surface area (TPSA) is 81.0 Å². The third-order valence-corrected chi connectivity index (χ3v) is 3.58. The minimum Gasteiger partial charge on any atom is -0.508 e. The van der Waals surface area contributed by atoms with Gasteiger partial charge in [-0.05, 0) is 25.8 Å². The summed E-state index contributed by atoms with van der Waals surface area (Å²) in [6.45, 7) is 2.90. The average molecular weight is 265 g/mol. The van der Waals surface area contributed by atoms with E-state index in [0.717, 1.165) is 5.56 Å². The van der Waals surface area contributed by atoms with Gasteiger partial charge in [0.2, 0.25) is 0 Å². The van der Waals surface area contributed by atoms with Gasteiger partial charge in [-0.15, -0.1) is 0 Å². The first-order valence-corrected chi connectivity index (χ1v) is 6.43. The van der Waals surface area contributed by atoms with Gasteiger partial charge in [0.05, 0.1) is 6.10 Å². The Bertz CT molecular complexity index is 467. The number of benzene rings is 1. The first-order chi connectivity index (χ1) is 8.99. The molecular weight excluding hydrogens is 246 g/mol. The fraction of sp³-hybridized carbons (Fsp3) is 0.500. The second-order valence-electron chi connectivity index (χ2n) is 5.07. The zero-order chi connectivity index (χ0) is 14.0. The molecule has 1 heterocycles. The Morgan fingerprint density at radius 2 is 2.00 bits per heavy atom. The maximum absolute atomic E-state index is 11.5. The van der Waals surface area contributed by atoms with Crippen molar-refractivity contribution in [2.45, 2.75) is 31.9 Å². The van der Waals surface area contributed by atoms with Gasteiger partial charge >= 0.3 is 5.97 Å². The molecule has 19 heavy (non-hydrogen) atoms. The summed E-state index contributed by atoms with van der Waals surface area (Å²) in [5.41, 5.74) is 1.33. The van der Waals surface area contributed by atoms with Crippen LogP contribution in [0, 0.1) is 6.92 Å². The van der Waals surface area contributed by atoms with Crippen molar-refractivity contribution >= 4 is 5.97 Å². The molecule has 0 amide bonds. The van der Waals surface area contributed by atoms with Crippen LogP contribution in [0.4, 0.5) is 0 Å². The van der Waals surface area contributed by atoms with Crippen molar-refractivity contribution in [1.82, 2.24) is 4.90 Å². The van der Waals surface area contributed by atoms with E-state index in [2.05, 4.69) is 0 Å². The van der Waals surface area contributed by atoms with Gasteiger partial charge in [0.15, 0.2) is 0 Å². The van der Waals surface area contributed by atoms with Gasteiger partial charge < -0.3 is 15.3 Å². The summed E-state index contributed by atoms with van der Waals surface area (Å²) in [6, 6.07) is 4.13. The van der Waals surface area contributed by atoms with Gasteiger partial charge in [-0.1, -0.05) is 17.7 Å². The van der Waals surface area contributed by atoms with E-state index in [9.17, 15) is 20.1 Å². The van der Waals surface area contributed by atoms with Gasteiger partial charge in [-0.3, -0.25) is 9.69 Å². The zero-order valence-corrected chi connectivity index (χ0v) is 10.9. The third-order valence-electron chi connectivity index (χ3n) is 3.58. The number of carboxylic acid groups (broad SMARTS) is 1. The van der Waals surface area contributed by atoms with Crippen molar-refractivity contribution in [2.24, 2.45) is 0 Å². The number of aryl methyl sites for hydroxylation is 1. The molecule has 5 heteroatoms. The fourth-order valence-electron chi connectivity index (χ4n) is 2.52. The molecule has 1 aliphatic heterocycles. The molecule has 2 rings (SSSR count). The van der Waals surface area contributed by atoms with E-state index in [0.29, 0.717) is 31.5 Å². The lowest BCUT2D eigenvalue weighted by atomic mass is 9.98. The number of rotatable bonds is 3. The molecule has 1 aromatic carbocycles. The Morgan fingerprint density at radius 3 is 2.58 bits per heavy atom. The fourth-order valence-corrected chi connectivity index (χ4v) is 2.52. The number of carbonyl (C=O) groups is 1. The number of piperidine rings is 1. The number of phenolic OH excluding ortho intramolecular Hbond substituents is 1. The standard InChI is InChI=1S/C14H19NO4/c1-9-2-3-12(17)11(8-9)13(14(18)19)15-6-4-10(16)5-7-15/h2-3,8,10,13,16-17H,4-7H2,1H3,(H,18,19). The molecule has 0 radical (unpaired) electrons. The van der Waals surface area contributed by atoms with E-state index in [-0.39, 0.29) is 11.9 Å². The minimum atomic E-state index is -0.975. The Morgan fingerprint density at radius 1 is 1.37 bits per heavy atom. The van der Waals surface area contributed by atoms with E-state index < -0.39 is 12.0 Å². The molecule has 0 bridgehead atoms. The molecule has 1 atom stereocenters. The number of hydrogen-bond acceptors (Lipinski definition) is 4. The number of aliphatic hydroxyl groups excluding tert-OH is 1. The lowest BCUT2D eigenvalue weighted by molar-refractivity contribution is -0.144. The SMILES string of the molecule is Cc1ccc(O)c(C(C(=O)O)N2CCC(O)CC2)c1. The van der Waals surface area contributed by atoms with Crippen LogP contribution >= 0.6 is 0 Å². The highest BCUT2D eigenvalue weighted by Gasteiger charge is 2.32. The minimum absolute atomic E-state index is 0.00382. The van der Waals surface area contributed by atoms with Crippen LogP contribution in [0.5, 0.6) is 5.75 Å². The summed E-state index contributed by atoms with van der Waals surface area (Å²) in [7, 11) is 0. The predicted octanol–water partition coefficient (Wildman–Crippen LogP) is 1.28. The van der Waals surface area contributed by atoms with Gasteiger partial charge in [0.1, 0.15) is 11.8 Å². The molecule has 0 aliphatic carbocycles. The summed E-state index contributed by atoms with van der Waals surface area (Å²) >= 11 is 0. The molecule has 0 saturated carbocycles. The lowest BCUT2D eigenvalue weighted by Gasteiger charge is -2.34. The average Bonchev–Trinajstić information content (AvgIpc) is 2.36. The Balaban J connectivity index is 2.30. The number of hydrogen-bond donors (Lipinski definition) is 3. The highest BCUT2D eigenvalue weighted by atomic mass is 16.4. The molecule has 3 N–H and O–H groups in total. The van der Waals surface area contributed by atoms with Crippen LogP contribution < -0.4 is 0 Å². The monoisotopic (exact) mass is 265 g/mol. The van der Waals surface area contributed by atoms with E-state index in [4.69, 9.17) is 0 Å². The third kappa shape index (κ3) is 3.05. The second kappa shape index (κ2) is 5.59. The zero-order valence-electron chi connectivity index (χ0n) is 10.9. The highest BCUT2D eigenvalue weighted by Crippen LogP contribution is 2.31. The van der Waals surface area contributed by atoms with E-state index in [1.807, 2.05) is 6.92 Å². The highest BCUT2D eigenvalue weighted by molar-refractivity contribution is 5.76. The molecule has 1 fully saturated rings. The smallest absolute Gasteiger partial charge is 0.325 e. The van der Waals surface area contributed by atoms with Gasteiger partial charge in [0, 0.05) is 18.7 Å². The van der Waals surface area contributed by atoms with Crippen molar-refractivity contribution in [1.29, 1.82) is 0 Å². The van der Waals surface area contributed by atoms with E-state index in [1.54, 1.807) is 17.0 Å². The molecule has 0 spiro atoms. The van der Waals surface area contributed by atoms with Crippen LogP contribution in [0.25, 0.3) is 0 Å².